The Bertz CT molecular complexity index is 1130. The van der Waals surface area contributed by atoms with E-state index in [0.717, 1.165) is 29.4 Å². The fourth-order valence-corrected chi connectivity index (χ4v) is 5.42. The summed E-state index contributed by atoms with van der Waals surface area (Å²) in [7, 11) is 0. The standard InChI is InChI=1S/C30H43N5O7S2/c31-25-44-21-20-43-19-3-13-40-14-10-35(23-27-5-2-7-29(33-27)30(38)39)11-16-42-18-17-41-15-9-34(8-12-36)22-26-4-1-6-28(24-37)32-26/h1-2,4-7,24,36H,3,8-23H2,(H,38,39). The van der Waals surface area contributed by atoms with Gasteiger partial charge in [0.05, 0.1) is 51.0 Å². The third kappa shape index (κ3) is 17.6. The number of nitriles is 1. The monoisotopic (exact) mass is 649 g/mol. The lowest BCUT2D eigenvalue weighted by atomic mass is 10.3. The topological polar surface area (TPSA) is 158 Å². The number of aliphatic hydroxyl groups is 1. The van der Waals surface area contributed by atoms with E-state index in [0.29, 0.717) is 96.6 Å². The molecule has 0 fully saturated rings. The number of hydrogen-bond acceptors (Lipinski definition) is 13. The molecule has 2 rings (SSSR count). The lowest BCUT2D eigenvalue weighted by Gasteiger charge is -2.22. The first kappa shape index (κ1) is 37.6. The number of pyridine rings is 2. The Morgan fingerprint density at radius 1 is 0.841 bits per heavy atom. The maximum atomic E-state index is 11.3. The van der Waals surface area contributed by atoms with E-state index in [1.54, 1.807) is 18.2 Å². The molecule has 0 spiro atoms. The van der Waals surface area contributed by atoms with Gasteiger partial charge in [0.15, 0.2) is 6.29 Å². The zero-order chi connectivity index (χ0) is 31.7. The smallest absolute Gasteiger partial charge is 0.354 e. The summed E-state index contributed by atoms with van der Waals surface area (Å²) in [5.74, 6) is 1.72. The number of aromatic nitrogens is 2. The number of carboxylic acid groups (broad SMARTS) is 1. The van der Waals surface area contributed by atoms with E-state index in [-0.39, 0.29) is 12.3 Å². The summed E-state index contributed by atoms with van der Waals surface area (Å²) in [6, 6.07) is 10.3. The minimum atomic E-state index is -1.06. The van der Waals surface area contributed by atoms with Gasteiger partial charge in [0, 0.05) is 57.4 Å². The number of rotatable bonds is 27. The number of carbonyl (C=O) groups is 2. The average Bonchev–Trinajstić information content (AvgIpc) is 3.03. The van der Waals surface area contributed by atoms with Crippen molar-refractivity contribution in [2.75, 3.05) is 89.7 Å². The minimum absolute atomic E-state index is 0.0107. The Morgan fingerprint density at radius 2 is 1.45 bits per heavy atom. The minimum Gasteiger partial charge on any atom is -0.477 e. The molecule has 2 aromatic heterocycles. The van der Waals surface area contributed by atoms with E-state index in [1.807, 2.05) is 28.8 Å². The van der Waals surface area contributed by atoms with Crippen LogP contribution in [0.3, 0.4) is 0 Å². The van der Waals surface area contributed by atoms with Crippen molar-refractivity contribution in [2.45, 2.75) is 19.5 Å². The van der Waals surface area contributed by atoms with E-state index in [4.69, 9.17) is 19.5 Å². The number of thioether (sulfide) groups is 2. The maximum Gasteiger partial charge on any atom is 0.354 e. The van der Waals surface area contributed by atoms with Gasteiger partial charge in [0.2, 0.25) is 0 Å². The van der Waals surface area contributed by atoms with Gasteiger partial charge >= 0.3 is 5.97 Å². The van der Waals surface area contributed by atoms with Crippen molar-refractivity contribution in [3.05, 3.63) is 59.2 Å². The van der Waals surface area contributed by atoms with Gasteiger partial charge in [-0.1, -0.05) is 12.1 Å². The molecule has 0 amide bonds. The van der Waals surface area contributed by atoms with Gasteiger partial charge in [-0.15, -0.1) is 0 Å². The van der Waals surface area contributed by atoms with E-state index in [2.05, 4.69) is 20.3 Å². The van der Waals surface area contributed by atoms with Gasteiger partial charge in [0.25, 0.3) is 0 Å². The fraction of sp³-hybridized carbons (Fsp3) is 0.567. The molecular formula is C30H43N5O7S2. The summed E-state index contributed by atoms with van der Waals surface area (Å²) < 4.78 is 17.3. The largest absolute Gasteiger partial charge is 0.477 e. The molecule has 0 atom stereocenters. The zero-order valence-electron chi connectivity index (χ0n) is 25.1. The number of ether oxygens (including phenoxy) is 3. The summed E-state index contributed by atoms with van der Waals surface area (Å²) in [6.07, 6.45) is 1.66. The molecule has 0 aliphatic carbocycles. The molecule has 44 heavy (non-hydrogen) atoms. The highest BCUT2D eigenvalue weighted by Gasteiger charge is 2.11. The van der Waals surface area contributed by atoms with Crippen LogP contribution in [0, 0.1) is 10.7 Å². The summed E-state index contributed by atoms with van der Waals surface area (Å²) in [4.78, 5) is 35.0. The van der Waals surface area contributed by atoms with E-state index in [9.17, 15) is 19.8 Å². The third-order valence-electron chi connectivity index (χ3n) is 6.16. The predicted octanol–water partition coefficient (Wildman–Crippen LogP) is 2.67. The molecule has 0 saturated heterocycles. The summed E-state index contributed by atoms with van der Waals surface area (Å²) in [5, 5.41) is 29.3. The Labute approximate surface area is 268 Å². The molecule has 0 aliphatic heterocycles. The maximum absolute atomic E-state index is 11.3. The van der Waals surface area contributed by atoms with Crippen LogP contribution in [0.5, 0.6) is 0 Å². The number of nitrogens with zero attached hydrogens (tertiary/aromatic N) is 5. The van der Waals surface area contributed by atoms with E-state index < -0.39 is 5.97 Å². The van der Waals surface area contributed by atoms with Crippen molar-refractivity contribution in [1.82, 2.24) is 19.8 Å². The average molecular weight is 650 g/mol. The normalized spacial score (nSPS) is 11.2. The van der Waals surface area contributed by atoms with Crippen LogP contribution in [-0.2, 0) is 27.3 Å². The van der Waals surface area contributed by atoms with E-state index in [1.165, 1.54) is 17.8 Å². The number of hydrogen-bond donors (Lipinski definition) is 2. The molecule has 0 unspecified atom stereocenters. The highest BCUT2D eigenvalue weighted by molar-refractivity contribution is 8.05. The van der Waals surface area contributed by atoms with Crippen molar-refractivity contribution in [3.63, 3.8) is 0 Å². The second-order valence-electron chi connectivity index (χ2n) is 9.51. The first-order valence-corrected chi connectivity index (χ1v) is 16.7. The first-order chi connectivity index (χ1) is 21.5. The molecule has 2 aromatic rings. The van der Waals surface area contributed by atoms with Crippen LogP contribution in [0.15, 0.2) is 36.4 Å². The summed E-state index contributed by atoms with van der Waals surface area (Å²) in [6.45, 7) is 6.29. The molecule has 0 aliphatic rings. The van der Waals surface area contributed by atoms with Crippen molar-refractivity contribution < 1.29 is 34.0 Å². The van der Waals surface area contributed by atoms with Crippen LogP contribution in [0.1, 0.15) is 38.8 Å². The zero-order valence-corrected chi connectivity index (χ0v) is 26.7. The Balaban J connectivity index is 1.68. The molecule has 0 saturated carbocycles. The van der Waals surface area contributed by atoms with Crippen LogP contribution in [0.25, 0.3) is 0 Å². The molecule has 242 valence electrons. The summed E-state index contributed by atoms with van der Waals surface area (Å²) >= 11 is 3.09. The molecular weight excluding hydrogens is 606 g/mol. The lowest BCUT2D eigenvalue weighted by Crippen LogP contribution is -2.32. The fourth-order valence-electron chi connectivity index (χ4n) is 3.99. The molecule has 12 nitrogen and oxygen atoms in total. The van der Waals surface area contributed by atoms with Crippen LogP contribution in [0.2, 0.25) is 0 Å². The second-order valence-corrected chi connectivity index (χ2v) is 11.6. The Kier molecular flexibility index (Phi) is 21.1. The van der Waals surface area contributed by atoms with E-state index >= 15 is 0 Å². The van der Waals surface area contributed by atoms with Crippen LogP contribution in [-0.4, -0.2) is 132 Å². The van der Waals surface area contributed by atoms with Gasteiger partial charge in [-0.05, 0) is 48.2 Å². The molecule has 0 aromatic carbocycles. The van der Waals surface area contributed by atoms with Crippen molar-refractivity contribution >= 4 is 35.8 Å². The molecule has 14 heteroatoms. The third-order valence-corrected chi connectivity index (χ3v) is 8.03. The van der Waals surface area contributed by atoms with Gasteiger partial charge in [-0.2, -0.15) is 17.0 Å². The van der Waals surface area contributed by atoms with Crippen LogP contribution < -0.4 is 0 Å². The summed E-state index contributed by atoms with van der Waals surface area (Å²) in [5.41, 5.74) is 1.82. The Hall–Kier alpha value is -2.61. The van der Waals surface area contributed by atoms with Crippen LogP contribution >= 0.6 is 23.5 Å². The van der Waals surface area contributed by atoms with Crippen molar-refractivity contribution in [1.29, 1.82) is 5.26 Å². The lowest BCUT2D eigenvalue weighted by molar-refractivity contribution is 0.0244. The van der Waals surface area contributed by atoms with Gasteiger partial charge in [0.1, 0.15) is 16.8 Å². The van der Waals surface area contributed by atoms with Gasteiger partial charge < -0.3 is 24.4 Å². The highest BCUT2D eigenvalue weighted by atomic mass is 32.2. The number of aliphatic hydroxyl groups excluding tert-OH is 1. The molecule has 0 bridgehead atoms. The number of aromatic carboxylic acids is 1. The quantitative estimate of drug-likeness (QED) is 0.0826. The van der Waals surface area contributed by atoms with Crippen molar-refractivity contribution in [2.24, 2.45) is 0 Å². The number of aldehydes is 1. The number of carbonyl (C=O) groups excluding carboxylic acids is 1. The number of thiocyanates is 1. The first-order valence-electron chi connectivity index (χ1n) is 14.5. The Morgan fingerprint density at radius 3 is 2.07 bits per heavy atom. The van der Waals surface area contributed by atoms with Crippen LogP contribution in [0.4, 0.5) is 0 Å². The van der Waals surface area contributed by atoms with Gasteiger partial charge in [-0.3, -0.25) is 14.6 Å². The SMILES string of the molecule is N#CSCCSCCCOCCN(CCOCCOCCN(CCO)Cc1cccc(C=O)n1)Cc1cccc(C(=O)O)n1. The predicted molar refractivity (Wildman–Crippen MR) is 171 cm³/mol. The number of carboxylic acids is 1. The highest BCUT2D eigenvalue weighted by Crippen LogP contribution is 2.08. The molecule has 2 heterocycles. The molecule has 2 N–H and O–H groups in total. The van der Waals surface area contributed by atoms with Crippen molar-refractivity contribution in [3.8, 4) is 5.40 Å². The van der Waals surface area contributed by atoms with Gasteiger partial charge in [-0.25, -0.2) is 14.8 Å². The second kappa shape index (κ2) is 24.7. The molecule has 0 radical (unpaired) electrons.